The molecule has 1 aromatic rings. The number of aliphatic carboxylic acids is 1. The van der Waals surface area contributed by atoms with E-state index in [1.165, 1.54) is 0 Å². The normalized spacial score (nSPS) is 10.7. The Morgan fingerprint density at radius 3 is 2.67 bits per heavy atom. The number of aromatic nitrogens is 1. The predicted molar refractivity (Wildman–Crippen MR) is 62.7 cm³/mol. The second-order valence-electron chi connectivity index (χ2n) is 2.92. The Bertz CT molecular complexity index is 283. The number of rotatable bonds is 4. The van der Waals surface area contributed by atoms with Crippen molar-refractivity contribution in [1.82, 2.24) is 4.98 Å². The number of hydrogen-bond acceptors (Lipinski definition) is 3. The maximum absolute atomic E-state index is 10.3. The van der Waals surface area contributed by atoms with Crippen LogP contribution in [0, 0.1) is 0 Å². The standard InChI is InChI=1S/C9H12N2O2.2ClH/c10-8(5-9(12)13)4-7-2-1-3-11-6-7;;/h1-3,6,8H,4-5,10H2,(H,12,13);2*1H/t8-;;/m0../s1. The molecule has 0 bridgehead atoms. The van der Waals surface area contributed by atoms with Crippen LogP contribution in [0.5, 0.6) is 0 Å². The van der Waals surface area contributed by atoms with Crippen molar-refractivity contribution in [3.63, 3.8) is 0 Å². The SMILES string of the molecule is Cl.Cl.N[C@H](CC(=O)O)Cc1cccnc1. The molecule has 0 aliphatic heterocycles. The van der Waals surface area contributed by atoms with Crippen LogP contribution in [0.25, 0.3) is 0 Å². The van der Waals surface area contributed by atoms with E-state index in [1.54, 1.807) is 12.4 Å². The maximum atomic E-state index is 10.3. The summed E-state index contributed by atoms with van der Waals surface area (Å²) in [6, 6.07) is 3.36. The molecule has 3 N–H and O–H groups in total. The average molecular weight is 253 g/mol. The number of carbonyl (C=O) groups is 1. The third-order valence-corrected chi connectivity index (χ3v) is 1.66. The lowest BCUT2D eigenvalue weighted by molar-refractivity contribution is -0.137. The van der Waals surface area contributed by atoms with Crippen molar-refractivity contribution in [2.75, 3.05) is 0 Å². The highest BCUT2D eigenvalue weighted by Crippen LogP contribution is 2.01. The zero-order valence-corrected chi connectivity index (χ0v) is 9.63. The van der Waals surface area contributed by atoms with E-state index in [0.29, 0.717) is 6.42 Å². The summed E-state index contributed by atoms with van der Waals surface area (Å²) in [6.07, 6.45) is 3.92. The second-order valence-corrected chi connectivity index (χ2v) is 2.92. The van der Waals surface area contributed by atoms with Gasteiger partial charge in [0.05, 0.1) is 6.42 Å². The number of pyridine rings is 1. The Hall–Kier alpha value is -0.840. The van der Waals surface area contributed by atoms with Crippen molar-refractivity contribution in [3.8, 4) is 0 Å². The van der Waals surface area contributed by atoms with E-state index >= 15 is 0 Å². The molecule has 1 atom stereocenters. The Kier molecular flexibility index (Phi) is 9.36. The molecule has 86 valence electrons. The van der Waals surface area contributed by atoms with Gasteiger partial charge in [-0.3, -0.25) is 9.78 Å². The molecule has 0 aliphatic carbocycles. The molecule has 0 amide bonds. The summed E-state index contributed by atoms with van der Waals surface area (Å²) < 4.78 is 0. The zero-order valence-electron chi connectivity index (χ0n) is 8.00. The lowest BCUT2D eigenvalue weighted by Gasteiger charge is -2.07. The van der Waals surface area contributed by atoms with Crippen LogP contribution in [0.15, 0.2) is 24.5 Å². The summed E-state index contributed by atoms with van der Waals surface area (Å²) in [7, 11) is 0. The van der Waals surface area contributed by atoms with Gasteiger partial charge in [0.2, 0.25) is 0 Å². The number of halogens is 2. The van der Waals surface area contributed by atoms with Gasteiger partial charge in [-0.05, 0) is 18.1 Å². The van der Waals surface area contributed by atoms with E-state index in [4.69, 9.17) is 10.8 Å². The first-order valence-electron chi connectivity index (χ1n) is 4.05. The van der Waals surface area contributed by atoms with Crippen LogP contribution in [0.4, 0.5) is 0 Å². The molecule has 0 fully saturated rings. The highest BCUT2D eigenvalue weighted by atomic mass is 35.5. The summed E-state index contributed by atoms with van der Waals surface area (Å²) in [5, 5.41) is 8.47. The van der Waals surface area contributed by atoms with E-state index in [0.717, 1.165) is 5.56 Å². The highest BCUT2D eigenvalue weighted by molar-refractivity contribution is 5.85. The van der Waals surface area contributed by atoms with E-state index in [1.807, 2.05) is 12.1 Å². The molecular formula is C9H14Cl2N2O2. The molecule has 0 spiro atoms. The minimum atomic E-state index is -0.864. The summed E-state index contributed by atoms with van der Waals surface area (Å²) in [6.45, 7) is 0. The number of carboxylic acids is 1. The van der Waals surface area contributed by atoms with Crippen molar-refractivity contribution in [1.29, 1.82) is 0 Å². The Morgan fingerprint density at radius 2 is 2.20 bits per heavy atom. The van der Waals surface area contributed by atoms with Gasteiger partial charge >= 0.3 is 5.97 Å². The summed E-state index contributed by atoms with van der Waals surface area (Å²) >= 11 is 0. The van der Waals surface area contributed by atoms with Gasteiger partial charge in [-0.2, -0.15) is 0 Å². The van der Waals surface area contributed by atoms with E-state index < -0.39 is 5.97 Å². The Morgan fingerprint density at radius 1 is 1.53 bits per heavy atom. The molecule has 1 aromatic heterocycles. The summed E-state index contributed by atoms with van der Waals surface area (Å²) in [4.78, 5) is 14.2. The van der Waals surface area contributed by atoms with Gasteiger partial charge in [-0.25, -0.2) is 0 Å². The monoisotopic (exact) mass is 252 g/mol. The van der Waals surface area contributed by atoms with Crippen molar-refractivity contribution in [2.45, 2.75) is 18.9 Å². The summed E-state index contributed by atoms with van der Waals surface area (Å²) in [5.74, 6) is -0.864. The van der Waals surface area contributed by atoms with Crippen molar-refractivity contribution in [3.05, 3.63) is 30.1 Å². The molecule has 0 saturated heterocycles. The number of nitrogens with two attached hydrogens (primary N) is 1. The fraction of sp³-hybridized carbons (Fsp3) is 0.333. The maximum Gasteiger partial charge on any atom is 0.304 e. The van der Waals surface area contributed by atoms with E-state index in [9.17, 15) is 4.79 Å². The molecule has 0 unspecified atom stereocenters. The predicted octanol–water partition coefficient (Wildman–Crippen LogP) is 1.27. The molecule has 0 saturated carbocycles. The van der Waals surface area contributed by atoms with Crippen LogP contribution in [0.3, 0.4) is 0 Å². The van der Waals surface area contributed by atoms with Gasteiger partial charge in [-0.15, -0.1) is 24.8 Å². The Balaban J connectivity index is 0. The molecule has 6 heteroatoms. The fourth-order valence-electron chi connectivity index (χ4n) is 1.12. The first-order chi connectivity index (χ1) is 6.18. The van der Waals surface area contributed by atoms with Crippen molar-refractivity contribution in [2.24, 2.45) is 5.73 Å². The van der Waals surface area contributed by atoms with Crippen LogP contribution in [-0.4, -0.2) is 22.1 Å². The molecule has 1 heterocycles. The molecule has 0 radical (unpaired) electrons. The topological polar surface area (TPSA) is 76.2 Å². The average Bonchev–Trinajstić information content (AvgIpc) is 2.04. The van der Waals surface area contributed by atoms with Gasteiger partial charge in [0.15, 0.2) is 0 Å². The first-order valence-corrected chi connectivity index (χ1v) is 4.05. The fourth-order valence-corrected chi connectivity index (χ4v) is 1.12. The minimum Gasteiger partial charge on any atom is -0.481 e. The lowest BCUT2D eigenvalue weighted by atomic mass is 10.1. The van der Waals surface area contributed by atoms with E-state index in [-0.39, 0.29) is 37.3 Å². The van der Waals surface area contributed by atoms with Gasteiger partial charge in [-0.1, -0.05) is 6.07 Å². The number of carboxylic acid groups (broad SMARTS) is 1. The van der Waals surface area contributed by atoms with Gasteiger partial charge < -0.3 is 10.8 Å². The van der Waals surface area contributed by atoms with Gasteiger partial charge in [0.25, 0.3) is 0 Å². The smallest absolute Gasteiger partial charge is 0.304 e. The first kappa shape index (κ1) is 16.6. The quantitative estimate of drug-likeness (QED) is 0.847. The number of hydrogen-bond donors (Lipinski definition) is 2. The molecule has 15 heavy (non-hydrogen) atoms. The molecule has 4 nitrogen and oxygen atoms in total. The van der Waals surface area contributed by atoms with Crippen LogP contribution in [0.1, 0.15) is 12.0 Å². The molecule has 1 rings (SSSR count). The molecule has 0 aliphatic rings. The molecular weight excluding hydrogens is 239 g/mol. The Labute approximate surface area is 101 Å². The van der Waals surface area contributed by atoms with E-state index in [2.05, 4.69) is 4.98 Å². The second kappa shape index (κ2) is 8.47. The largest absolute Gasteiger partial charge is 0.481 e. The minimum absolute atomic E-state index is 0. The lowest BCUT2D eigenvalue weighted by Crippen LogP contribution is -2.26. The zero-order chi connectivity index (χ0) is 9.68. The van der Waals surface area contributed by atoms with Crippen LogP contribution < -0.4 is 5.73 Å². The van der Waals surface area contributed by atoms with Crippen molar-refractivity contribution < 1.29 is 9.90 Å². The molecule has 0 aromatic carbocycles. The van der Waals surface area contributed by atoms with Crippen LogP contribution >= 0.6 is 24.8 Å². The third kappa shape index (κ3) is 7.13. The van der Waals surface area contributed by atoms with Crippen LogP contribution in [-0.2, 0) is 11.2 Å². The van der Waals surface area contributed by atoms with Crippen LogP contribution in [0.2, 0.25) is 0 Å². The highest BCUT2D eigenvalue weighted by Gasteiger charge is 2.08. The van der Waals surface area contributed by atoms with Gasteiger partial charge in [0, 0.05) is 18.4 Å². The van der Waals surface area contributed by atoms with Crippen molar-refractivity contribution >= 4 is 30.8 Å². The number of nitrogens with zero attached hydrogens (tertiary/aromatic N) is 1. The van der Waals surface area contributed by atoms with Gasteiger partial charge in [0.1, 0.15) is 0 Å². The third-order valence-electron chi connectivity index (χ3n) is 1.66. The summed E-state index contributed by atoms with van der Waals surface area (Å²) in [5.41, 5.74) is 6.57.